The number of ether oxygens (including phenoxy) is 2. The van der Waals surface area contributed by atoms with Gasteiger partial charge in [-0.1, -0.05) is 32.0 Å². The quantitative estimate of drug-likeness (QED) is 0.563. The summed E-state index contributed by atoms with van der Waals surface area (Å²) < 4.78 is 10.2. The molecule has 1 unspecified atom stereocenters. The molecule has 0 saturated heterocycles. The van der Waals surface area contributed by atoms with Crippen molar-refractivity contribution in [2.45, 2.75) is 26.0 Å². The van der Waals surface area contributed by atoms with E-state index in [9.17, 15) is 9.90 Å². The minimum absolute atomic E-state index is 0.183. The number of esters is 1. The topological polar surface area (TPSA) is 67.8 Å². The van der Waals surface area contributed by atoms with Gasteiger partial charge in [-0.3, -0.25) is 0 Å². The lowest BCUT2D eigenvalue weighted by molar-refractivity contribution is -0.134. The van der Waals surface area contributed by atoms with Crippen molar-refractivity contribution >= 4 is 12.0 Å². The van der Waals surface area contributed by atoms with Crippen molar-refractivity contribution in [3.63, 3.8) is 0 Å². The van der Waals surface area contributed by atoms with E-state index in [-0.39, 0.29) is 6.61 Å². The normalized spacial score (nSPS) is 12.6. The zero-order chi connectivity index (χ0) is 15.7. The molecule has 0 aliphatic rings. The molecule has 1 aromatic rings. The molecule has 0 saturated carbocycles. The number of nitrogens with one attached hydrogen (secondary N) is 1. The van der Waals surface area contributed by atoms with Crippen molar-refractivity contribution < 1.29 is 19.4 Å². The van der Waals surface area contributed by atoms with Gasteiger partial charge in [-0.05, 0) is 12.1 Å². The number of hydrogen-bond donors (Lipinski definition) is 2. The van der Waals surface area contributed by atoms with E-state index in [0.29, 0.717) is 18.3 Å². The van der Waals surface area contributed by atoms with Crippen molar-refractivity contribution in [3.8, 4) is 5.75 Å². The van der Waals surface area contributed by atoms with Crippen LogP contribution in [0.5, 0.6) is 5.75 Å². The van der Waals surface area contributed by atoms with Crippen LogP contribution in [-0.2, 0) is 9.53 Å². The Kier molecular flexibility index (Phi) is 7.50. The predicted octanol–water partition coefficient (Wildman–Crippen LogP) is 1.61. The van der Waals surface area contributed by atoms with Gasteiger partial charge in [-0.2, -0.15) is 0 Å². The first-order valence-electron chi connectivity index (χ1n) is 6.92. The van der Waals surface area contributed by atoms with E-state index >= 15 is 0 Å². The Morgan fingerprint density at radius 2 is 2.10 bits per heavy atom. The van der Waals surface area contributed by atoms with Gasteiger partial charge in [-0.25, -0.2) is 4.79 Å². The van der Waals surface area contributed by atoms with Crippen molar-refractivity contribution in [3.05, 3.63) is 35.9 Å². The summed E-state index contributed by atoms with van der Waals surface area (Å²) in [5.41, 5.74) is 0.756. The van der Waals surface area contributed by atoms with Crippen LogP contribution in [0.15, 0.2) is 30.3 Å². The number of aliphatic hydroxyl groups is 1. The summed E-state index contributed by atoms with van der Waals surface area (Å²) in [7, 11) is 1.33. The maximum Gasteiger partial charge on any atom is 0.330 e. The fraction of sp³-hybridized carbons (Fsp3) is 0.438. The van der Waals surface area contributed by atoms with Crippen LogP contribution in [0.2, 0.25) is 0 Å². The molecule has 0 amide bonds. The number of methoxy groups -OCH3 is 1. The minimum atomic E-state index is -0.593. The lowest BCUT2D eigenvalue weighted by Crippen LogP contribution is -2.35. The molecule has 0 aromatic heterocycles. The summed E-state index contributed by atoms with van der Waals surface area (Å²) in [5.74, 6) is 0.187. The first-order valence-corrected chi connectivity index (χ1v) is 6.92. The Hall–Kier alpha value is -1.85. The van der Waals surface area contributed by atoms with E-state index in [2.05, 4.69) is 10.1 Å². The van der Waals surface area contributed by atoms with Crippen LogP contribution in [0.3, 0.4) is 0 Å². The minimum Gasteiger partial charge on any atom is -0.490 e. The fourth-order valence-corrected chi connectivity index (χ4v) is 1.59. The molecule has 1 aromatic carbocycles. The van der Waals surface area contributed by atoms with Crippen molar-refractivity contribution in [2.75, 3.05) is 20.3 Å². The van der Waals surface area contributed by atoms with Gasteiger partial charge in [0.05, 0.1) is 7.11 Å². The summed E-state index contributed by atoms with van der Waals surface area (Å²) >= 11 is 0. The summed E-state index contributed by atoms with van der Waals surface area (Å²) in [6.45, 7) is 4.68. The predicted molar refractivity (Wildman–Crippen MR) is 82.1 cm³/mol. The number of rotatable bonds is 8. The lowest BCUT2D eigenvalue weighted by Gasteiger charge is -2.16. The molecule has 0 fully saturated rings. The molecule has 0 aliphatic carbocycles. The molecule has 5 nitrogen and oxygen atoms in total. The van der Waals surface area contributed by atoms with Gasteiger partial charge in [0.25, 0.3) is 0 Å². The summed E-state index contributed by atoms with van der Waals surface area (Å²) in [5, 5.41) is 13.0. The van der Waals surface area contributed by atoms with Crippen LogP contribution in [0.4, 0.5) is 0 Å². The molecule has 0 aliphatic heterocycles. The third kappa shape index (κ3) is 6.92. The van der Waals surface area contributed by atoms with Crippen LogP contribution >= 0.6 is 0 Å². The third-order valence-electron chi connectivity index (χ3n) is 2.71. The Labute approximate surface area is 125 Å². The van der Waals surface area contributed by atoms with Crippen LogP contribution in [0.25, 0.3) is 6.08 Å². The van der Waals surface area contributed by atoms with E-state index in [1.807, 2.05) is 32.0 Å². The van der Waals surface area contributed by atoms with Crippen LogP contribution in [0, 0.1) is 0 Å². The second kappa shape index (κ2) is 9.15. The maximum atomic E-state index is 11.1. The van der Waals surface area contributed by atoms with Gasteiger partial charge in [0.1, 0.15) is 18.5 Å². The van der Waals surface area contributed by atoms with Gasteiger partial charge in [0, 0.05) is 24.2 Å². The average Bonchev–Trinajstić information content (AvgIpc) is 2.49. The maximum absolute atomic E-state index is 11.1. The molecule has 0 bridgehead atoms. The molecule has 1 rings (SSSR count). The van der Waals surface area contributed by atoms with Gasteiger partial charge in [0.15, 0.2) is 0 Å². The standard InChI is InChI=1S/C16H23NO4/c1-12(2)17-10-14(18)11-21-15-7-5-4-6-13(15)8-9-16(19)20-3/h4-9,12,14,17-18H,10-11H2,1-3H3. The van der Waals surface area contributed by atoms with Crippen molar-refractivity contribution in [1.82, 2.24) is 5.32 Å². The lowest BCUT2D eigenvalue weighted by atomic mass is 10.2. The van der Waals surface area contributed by atoms with Crippen molar-refractivity contribution in [1.29, 1.82) is 0 Å². The number of para-hydroxylation sites is 1. The molecule has 0 radical (unpaired) electrons. The highest BCUT2D eigenvalue weighted by molar-refractivity contribution is 5.87. The second-order valence-electron chi connectivity index (χ2n) is 4.92. The molecule has 21 heavy (non-hydrogen) atoms. The van der Waals surface area contributed by atoms with Gasteiger partial charge >= 0.3 is 5.97 Å². The highest BCUT2D eigenvalue weighted by Gasteiger charge is 2.07. The summed E-state index contributed by atoms with van der Waals surface area (Å²) in [6, 6.07) is 7.62. The average molecular weight is 293 g/mol. The number of carbonyl (C=O) groups is 1. The summed E-state index contributed by atoms with van der Waals surface area (Å²) in [4.78, 5) is 11.1. The molecule has 0 heterocycles. The van der Waals surface area contributed by atoms with Gasteiger partial charge in [0.2, 0.25) is 0 Å². The Morgan fingerprint density at radius 3 is 2.76 bits per heavy atom. The number of hydrogen-bond acceptors (Lipinski definition) is 5. The highest BCUT2D eigenvalue weighted by Crippen LogP contribution is 2.19. The highest BCUT2D eigenvalue weighted by atomic mass is 16.5. The van der Waals surface area contributed by atoms with Crippen molar-refractivity contribution in [2.24, 2.45) is 0 Å². The molecule has 116 valence electrons. The first-order chi connectivity index (χ1) is 10.0. The zero-order valence-corrected chi connectivity index (χ0v) is 12.7. The Bertz CT molecular complexity index is 471. The molecular formula is C16H23NO4. The zero-order valence-electron chi connectivity index (χ0n) is 12.7. The number of carbonyl (C=O) groups excluding carboxylic acids is 1. The van der Waals surface area contributed by atoms with E-state index in [1.54, 1.807) is 12.1 Å². The summed E-state index contributed by atoms with van der Waals surface area (Å²) in [6.07, 6.45) is 2.36. The Balaban J connectivity index is 2.58. The van der Waals surface area contributed by atoms with E-state index in [0.717, 1.165) is 5.56 Å². The number of aliphatic hydroxyl groups excluding tert-OH is 1. The van der Waals surface area contributed by atoms with Crippen LogP contribution in [-0.4, -0.2) is 43.5 Å². The SMILES string of the molecule is COC(=O)C=Cc1ccccc1OCC(O)CNC(C)C. The molecular weight excluding hydrogens is 270 g/mol. The fourth-order valence-electron chi connectivity index (χ4n) is 1.59. The van der Waals surface area contributed by atoms with Gasteiger partial charge in [-0.15, -0.1) is 0 Å². The molecule has 2 N–H and O–H groups in total. The number of benzene rings is 1. The smallest absolute Gasteiger partial charge is 0.330 e. The first kappa shape index (κ1) is 17.2. The molecule has 0 spiro atoms. The molecule has 1 atom stereocenters. The molecule has 5 heteroatoms. The van der Waals surface area contributed by atoms with E-state index in [4.69, 9.17) is 4.74 Å². The van der Waals surface area contributed by atoms with Crippen LogP contribution in [0.1, 0.15) is 19.4 Å². The van der Waals surface area contributed by atoms with E-state index < -0.39 is 12.1 Å². The van der Waals surface area contributed by atoms with E-state index in [1.165, 1.54) is 13.2 Å². The van der Waals surface area contributed by atoms with Gasteiger partial charge < -0.3 is 19.9 Å². The van der Waals surface area contributed by atoms with Crippen LogP contribution < -0.4 is 10.1 Å². The second-order valence-corrected chi connectivity index (χ2v) is 4.92. The monoisotopic (exact) mass is 293 g/mol. The Morgan fingerprint density at radius 1 is 1.38 bits per heavy atom. The largest absolute Gasteiger partial charge is 0.490 e. The third-order valence-corrected chi connectivity index (χ3v) is 2.71.